The zero-order valence-corrected chi connectivity index (χ0v) is 14.1. The van der Waals surface area contributed by atoms with Gasteiger partial charge < -0.3 is 9.47 Å². The summed E-state index contributed by atoms with van der Waals surface area (Å²) in [4.78, 5) is 14.0. The van der Waals surface area contributed by atoms with E-state index < -0.39 is 10.0 Å². The molecule has 23 heavy (non-hydrogen) atoms. The molecule has 1 amide bonds. The number of benzene rings is 1. The van der Waals surface area contributed by atoms with E-state index in [-0.39, 0.29) is 10.8 Å². The molecule has 2 heterocycles. The van der Waals surface area contributed by atoms with E-state index in [0.717, 1.165) is 0 Å². The van der Waals surface area contributed by atoms with Crippen LogP contribution in [-0.4, -0.2) is 36.9 Å². The first kappa shape index (κ1) is 15.9. The van der Waals surface area contributed by atoms with Gasteiger partial charge in [0.25, 0.3) is 15.9 Å². The molecule has 0 atom stereocenters. The number of carbonyl (C=O) groups is 1. The molecule has 6 nitrogen and oxygen atoms in total. The molecular weight excluding hydrogens is 338 g/mol. The Morgan fingerprint density at radius 2 is 1.91 bits per heavy atom. The molecule has 2 aromatic rings. The third kappa shape index (κ3) is 3.07. The van der Waals surface area contributed by atoms with Gasteiger partial charge in [0, 0.05) is 36.5 Å². The van der Waals surface area contributed by atoms with Crippen LogP contribution in [0.2, 0.25) is 5.02 Å². The number of aromatic nitrogens is 1. The van der Waals surface area contributed by atoms with E-state index >= 15 is 0 Å². The minimum Gasteiger partial charge on any atom is -0.340 e. The number of sulfonamides is 1. The van der Waals surface area contributed by atoms with Gasteiger partial charge in [-0.2, -0.15) is 0 Å². The van der Waals surface area contributed by atoms with Crippen molar-refractivity contribution in [2.75, 3.05) is 17.8 Å². The van der Waals surface area contributed by atoms with E-state index in [1.807, 2.05) is 6.92 Å². The summed E-state index contributed by atoms with van der Waals surface area (Å²) in [5.74, 6) is -0.147. The number of anilines is 1. The summed E-state index contributed by atoms with van der Waals surface area (Å²) in [6, 6.07) is 7.79. The first-order chi connectivity index (χ1) is 10.9. The molecule has 0 saturated heterocycles. The van der Waals surface area contributed by atoms with Gasteiger partial charge in [0.2, 0.25) is 0 Å². The highest BCUT2D eigenvalue weighted by Crippen LogP contribution is 2.22. The van der Waals surface area contributed by atoms with Crippen LogP contribution >= 0.6 is 11.6 Å². The summed E-state index contributed by atoms with van der Waals surface area (Å²) in [6.07, 6.45) is 1.50. The van der Waals surface area contributed by atoms with Gasteiger partial charge in [0.15, 0.2) is 0 Å². The third-order valence-electron chi connectivity index (χ3n) is 3.78. The van der Waals surface area contributed by atoms with Crippen molar-refractivity contribution in [3.8, 4) is 0 Å². The van der Waals surface area contributed by atoms with Crippen molar-refractivity contribution in [1.29, 1.82) is 0 Å². The molecule has 0 bridgehead atoms. The SMILES string of the molecule is CCN1CCn2cc(S(=O)(=O)Nc3ccc(Cl)cc3)cc2C1=O. The molecule has 0 radical (unpaired) electrons. The summed E-state index contributed by atoms with van der Waals surface area (Å²) in [6.45, 7) is 3.68. The Kier molecular flexibility index (Phi) is 4.08. The van der Waals surface area contributed by atoms with Crippen molar-refractivity contribution in [3.05, 3.63) is 47.2 Å². The molecule has 0 spiro atoms. The van der Waals surface area contributed by atoms with Gasteiger partial charge in [-0.1, -0.05) is 11.6 Å². The van der Waals surface area contributed by atoms with Crippen LogP contribution in [0.4, 0.5) is 5.69 Å². The molecule has 3 rings (SSSR count). The van der Waals surface area contributed by atoms with E-state index in [0.29, 0.717) is 36.0 Å². The number of hydrogen-bond donors (Lipinski definition) is 1. The Labute approximate surface area is 139 Å². The number of hydrogen-bond acceptors (Lipinski definition) is 3. The highest BCUT2D eigenvalue weighted by molar-refractivity contribution is 7.92. The van der Waals surface area contributed by atoms with Crippen molar-refractivity contribution in [1.82, 2.24) is 9.47 Å². The largest absolute Gasteiger partial charge is 0.340 e. The molecule has 0 saturated carbocycles. The quantitative estimate of drug-likeness (QED) is 0.917. The van der Waals surface area contributed by atoms with Crippen molar-refractivity contribution in [2.45, 2.75) is 18.4 Å². The predicted octanol–water partition coefficient (Wildman–Crippen LogP) is 2.42. The maximum atomic E-state index is 12.5. The van der Waals surface area contributed by atoms with Crippen LogP contribution in [0.25, 0.3) is 0 Å². The lowest BCUT2D eigenvalue weighted by Crippen LogP contribution is -2.39. The number of rotatable bonds is 4. The number of likely N-dealkylation sites (N-methyl/N-ethyl adjacent to an activating group) is 1. The van der Waals surface area contributed by atoms with Gasteiger partial charge in [-0.25, -0.2) is 8.42 Å². The topological polar surface area (TPSA) is 71.4 Å². The first-order valence-electron chi connectivity index (χ1n) is 7.18. The van der Waals surface area contributed by atoms with Crippen molar-refractivity contribution < 1.29 is 13.2 Å². The Morgan fingerprint density at radius 3 is 2.57 bits per heavy atom. The van der Waals surface area contributed by atoms with Gasteiger partial charge in [0.1, 0.15) is 10.6 Å². The van der Waals surface area contributed by atoms with Crippen molar-refractivity contribution in [3.63, 3.8) is 0 Å². The van der Waals surface area contributed by atoms with Gasteiger partial charge in [-0.3, -0.25) is 9.52 Å². The number of nitrogens with zero attached hydrogens (tertiary/aromatic N) is 2. The number of fused-ring (bicyclic) bond motifs is 1. The van der Waals surface area contributed by atoms with Crippen molar-refractivity contribution >= 4 is 33.2 Å². The minimum atomic E-state index is -3.75. The van der Waals surface area contributed by atoms with Gasteiger partial charge in [-0.05, 0) is 37.3 Å². The average molecular weight is 354 g/mol. The van der Waals surface area contributed by atoms with E-state index in [2.05, 4.69) is 4.72 Å². The van der Waals surface area contributed by atoms with Gasteiger partial charge >= 0.3 is 0 Å². The summed E-state index contributed by atoms with van der Waals surface area (Å²) < 4.78 is 29.1. The monoisotopic (exact) mass is 353 g/mol. The first-order valence-corrected chi connectivity index (χ1v) is 9.04. The smallest absolute Gasteiger partial charge is 0.270 e. The molecule has 1 aromatic heterocycles. The Balaban J connectivity index is 1.90. The fourth-order valence-corrected chi connectivity index (χ4v) is 3.74. The molecule has 1 aliphatic heterocycles. The number of carbonyl (C=O) groups excluding carboxylic acids is 1. The predicted molar refractivity (Wildman–Crippen MR) is 88.3 cm³/mol. The molecule has 0 unspecified atom stereocenters. The Morgan fingerprint density at radius 1 is 1.22 bits per heavy atom. The second kappa shape index (κ2) is 5.90. The zero-order chi connectivity index (χ0) is 16.6. The molecule has 1 N–H and O–H groups in total. The minimum absolute atomic E-state index is 0.0775. The van der Waals surface area contributed by atoms with E-state index in [9.17, 15) is 13.2 Å². The Hall–Kier alpha value is -1.99. The highest BCUT2D eigenvalue weighted by atomic mass is 35.5. The fourth-order valence-electron chi connectivity index (χ4n) is 2.52. The average Bonchev–Trinajstić information content (AvgIpc) is 2.96. The molecule has 8 heteroatoms. The van der Waals surface area contributed by atoms with E-state index in [4.69, 9.17) is 11.6 Å². The number of halogens is 1. The van der Waals surface area contributed by atoms with Crippen LogP contribution in [0.1, 0.15) is 17.4 Å². The standard InChI is InChI=1S/C15H16ClN3O3S/c1-2-18-7-8-19-10-13(9-14(19)15(18)20)23(21,22)17-12-5-3-11(16)4-6-12/h3-6,9-10,17H,2,7-8H2,1H3. The van der Waals surface area contributed by atoms with Crippen LogP contribution in [-0.2, 0) is 16.6 Å². The number of nitrogens with one attached hydrogen (secondary N) is 1. The second-order valence-corrected chi connectivity index (χ2v) is 7.37. The van der Waals surface area contributed by atoms with Crippen molar-refractivity contribution in [2.24, 2.45) is 0 Å². The van der Waals surface area contributed by atoms with E-state index in [1.54, 1.807) is 33.7 Å². The lowest BCUT2D eigenvalue weighted by molar-refractivity contribution is 0.0715. The lowest BCUT2D eigenvalue weighted by atomic mass is 10.3. The maximum Gasteiger partial charge on any atom is 0.270 e. The molecule has 0 aliphatic carbocycles. The summed E-state index contributed by atoms with van der Waals surface area (Å²) in [5.41, 5.74) is 0.815. The molecule has 1 aromatic carbocycles. The summed E-state index contributed by atoms with van der Waals surface area (Å²) >= 11 is 5.79. The van der Waals surface area contributed by atoms with Gasteiger partial charge in [-0.15, -0.1) is 0 Å². The lowest BCUT2D eigenvalue weighted by Gasteiger charge is -2.26. The fraction of sp³-hybridized carbons (Fsp3) is 0.267. The Bertz CT molecular complexity index is 843. The highest BCUT2D eigenvalue weighted by Gasteiger charge is 2.27. The van der Waals surface area contributed by atoms with Crippen LogP contribution in [0.15, 0.2) is 41.4 Å². The van der Waals surface area contributed by atoms with Crippen LogP contribution < -0.4 is 4.72 Å². The van der Waals surface area contributed by atoms with Gasteiger partial charge in [0.05, 0.1) is 0 Å². The van der Waals surface area contributed by atoms with E-state index in [1.165, 1.54) is 12.3 Å². The molecule has 1 aliphatic rings. The van der Waals surface area contributed by atoms with Crippen LogP contribution in [0.3, 0.4) is 0 Å². The summed E-state index contributed by atoms with van der Waals surface area (Å²) in [7, 11) is -3.75. The van der Waals surface area contributed by atoms with Crippen LogP contribution in [0, 0.1) is 0 Å². The van der Waals surface area contributed by atoms with Crippen LogP contribution in [0.5, 0.6) is 0 Å². The third-order valence-corrected chi connectivity index (χ3v) is 5.38. The molecule has 0 fully saturated rings. The maximum absolute atomic E-state index is 12.5. The zero-order valence-electron chi connectivity index (χ0n) is 12.5. The molecule has 122 valence electrons. The normalized spacial score (nSPS) is 14.7. The summed E-state index contributed by atoms with van der Waals surface area (Å²) in [5, 5.41) is 0.525. The number of amides is 1. The second-order valence-electron chi connectivity index (χ2n) is 5.25. The molecular formula is C15H16ClN3O3S.